The lowest BCUT2D eigenvalue weighted by Gasteiger charge is -2.09. The highest BCUT2D eigenvalue weighted by molar-refractivity contribution is 6.33. The summed E-state index contributed by atoms with van der Waals surface area (Å²) in [5.41, 5.74) is 2.03. The van der Waals surface area contributed by atoms with Gasteiger partial charge in [0, 0.05) is 6.54 Å². The second-order valence-electron chi connectivity index (χ2n) is 2.77. The first-order chi connectivity index (χ1) is 6.25. The zero-order chi connectivity index (χ0) is 9.68. The van der Waals surface area contributed by atoms with Gasteiger partial charge in [-0.2, -0.15) is 5.26 Å². The number of nitrogens with zero attached hydrogens (tertiary/aromatic N) is 1. The third-order valence-corrected chi connectivity index (χ3v) is 2.08. The van der Waals surface area contributed by atoms with Crippen LogP contribution in [-0.4, -0.2) is 6.54 Å². The molecule has 0 saturated heterocycles. The van der Waals surface area contributed by atoms with E-state index in [1.165, 1.54) is 0 Å². The molecule has 13 heavy (non-hydrogen) atoms. The molecule has 0 saturated carbocycles. The molecule has 0 spiro atoms. The van der Waals surface area contributed by atoms with Crippen LogP contribution in [0.5, 0.6) is 0 Å². The Hall–Kier alpha value is -1.20. The predicted molar refractivity (Wildman–Crippen MR) is 54.9 cm³/mol. The molecule has 0 aliphatic heterocycles. The number of benzene rings is 1. The van der Waals surface area contributed by atoms with Gasteiger partial charge in [-0.15, -0.1) is 0 Å². The maximum Gasteiger partial charge on any atom is 0.0640 e. The van der Waals surface area contributed by atoms with E-state index < -0.39 is 0 Å². The van der Waals surface area contributed by atoms with E-state index in [0.29, 0.717) is 18.0 Å². The average molecular weight is 195 g/mol. The Labute approximate surface area is 83.1 Å². The van der Waals surface area contributed by atoms with Crippen LogP contribution in [0.3, 0.4) is 0 Å². The highest BCUT2D eigenvalue weighted by atomic mass is 35.5. The number of hydrogen-bond donors (Lipinski definition) is 1. The maximum absolute atomic E-state index is 8.36. The molecular formula is C10H11ClN2. The molecule has 0 bridgehead atoms. The second kappa shape index (κ2) is 4.74. The largest absolute Gasteiger partial charge is 0.383 e. The second-order valence-corrected chi connectivity index (χ2v) is 3.17. The van der Waals surface area contributed by atoms with Crippen molar-refractivity contribution >= 4 is 17.3 Å². The van der Waals surface area contributed by atoms with Gasteiger partial charge < -0.3 is 5.32 Å². The van der Waals surface area contributed by atoms with Crippen molar-refractivity contribution in [3.63, 3.8) is 0 Å². The van der Waals surface area contributed by atoms with E-state index in [0.717, 1.165) is 11.3 Å². The Kier molecular flexibility index (Phi) is 3.60. The Morgan fingerprint density at radius 2 is 2.31 bits per heavy atom. The summed E-state index contributed by atoms with van der Waals surface area (Å²) >= 11 is 5.96. The van der Waals surface area contributed by atoms with Gasteiger partial charge in [0.15, 0.2) is 0 Å². The fourth-order valence-electron chi connectivity index (χ4n) is 1.10. The number of halogens is 1. The lowest BCUT2D eigenvalue weighted by Crippen LogP contribution is -2.02. The summed E-state index contributed by atoms with van der Waals surface area (Å²) in [5.74, 6) is 0. The third kappa shape index (κ3) is 2.64. The molecule has 0 heterocycles. The molecule has 2 nitrogen and oxygen atoms in total. The Bertz CT molecular complexity index is 308. The lowest BCUT2D eigenvalue weighted by atomic mass is 10.2. The first kappa shape index (κ1) is 9.88. The fraction of sp³-hybridized carbons (Fsp3) is 0.300. The number of nitrogens with one attached hydrogen (secondary N) is 1. The molecule has 0 aromatic heterocycles. The van der Waals surface area contributed by atoms with Gasteiger partial charge in [-0.3, -0.25) is 0 Å². The van der Waals surface area contributed by atoms with E-state index in [1.807, 2.05) is 25.1 Å². The van der Waals surface area contributed by atoms with E-state index in [-0.39, 0.29) is 0 Å². The molecule has 68 valence electrons. The van der Waals surface area contributed by atoms with E-state index in [2.05, 4.69) is 11.4 Å². The van der Waals surface area contributed by atoms with Gasteiger partial charge in [0.05, 0.1) is 23.2 Å². The van der Waals surface area contributed by atoms with E-state index in [4.69, 9.17) is 16.9 Å². The van der Waals surface area contributed by atoms with Crippen LogP contribution in [0.1, 0.15) is 12.0 Å². The topological polar surface area (TPSA) is 35.8 Å². The molecule has 1 N–H and O–H groups in total. The van der Waals surface area contributed by atoms with Crippen molar-refractivity contribution in [1.82, 2.24) is 0 Å². The molecule has 1 aromatic carbocycles. The van der Waals surface area contributed by atoms with Crippen molar-refractivity contribution in [3.05, 3.63) is 28.8 Å². The molecule has 0 fully saturated rings. The highest BCUT2D eigenvalue weighted by Crippen LogP contribution is 2.24. The van der Waals surface area contributed by atoms with Crippen molar-refractivity contribution in [2.45, 2.75) is 13.3 Å². The molecule has 0 radical (unpaired) electrons. The summed E-state index contributed by atoms with van der Waals surface area (Å²) in [6, 6.07) is 7.80. The Morgan fingerprint density at radius 1 is 1.54 bits per heavy atom. The number of nitriles is 1. The van der Waals surface area contributed by atoms with Crippen LogP contribution < -0.4 is 5.32 Å². The number of para-hydroxylation sites is 1. The number of aryl methyl sites for hydroxylation is 1. The van der Waals surface area contributed by atoms with Crippen molar-refractivity contribution in [2.75, 3.05) is 11.9 Å². The van der Waals surface area contributed by atoms with Crippen LogP contribution in [0.4, 0.5) is 5.69 Å². The number of hydrogen-bond acceptors (Lipinski definition) is 2. The first-order valence-corrected chi connectivity index (χ1v) is 4.49. The third-order valence-electron chi connectivity index (χ3n) is 1.76. The van der Waals surface area contributed by atoms with Crippen LogP contribution in [0.15, 0.2) is 18.2 Å². The smallest absolute Gasteiger partial charge is 0.0640 e. The maximum atomic E-state index is 8.36. The van der Waals surface area contributed by atoms with Gasteiger partial charge in [-0.05, 0) is 18.6 Å². The van der Waals surface area contributed by atoms with Crippen LogP contribution in [0.2, 0.25) is 5.02 Å². The van der Waals surface area contributed by atoms with Crippen LogP contribution >= 0.6 is 11.6 Å². The van der Waals surface area contributed by atoms with Crippen LogP contribution in [0, 0.1) is 18.3 Å². The summed E-state index contributed by atoms with van der Waals surface area (Å²) in [5, 5.41) is 12.2. The summed E-state index contributed by atoms with van der Waals surface area (Å²) < 4.78 is 0. The average Bonchev–Trinajstić information content (AvgIpc) is 2.10. The molecular weight excluding hydrogens is 184 g/mol. The Balaban J connectivity index is 2.71. The molecule has 0 aliphatic rings. The predicted octanol–water partition coefficient (Wildman–Crippen LogP) is 2.97. The van der Waals surface area contributed by atoms with E-state index in [9.17, 15) is 0 Å². The first-order valence-electron chi connectivity index (χ1n) is 4.11. The normalized spacial score (nSPS) is 9.31. The molecule has 1 aromatic rings. The molecule has 0 atom stereocenters. The van der Waals surface area contributed by atoms with Gasteiger partial charge in [0.1, 0.15) is 0 Å². The molecule has 0 aliphatic carbocycles. The zero-order valence-corrected chi connectivity index (χ0v) is 8.23. The minimum Gasteiger partial charge on any atom is -0.383 e. The minimum atomic E-state index is 0.491. The summed E-state index contributed by atoms with van der Waals surface area (Å²) in [7, 11) is 0. The molecule has 0 unspecified atom stereocenters. The summed E-state index contributed by atoms with van der Waals surface area (Å²) in [4.78, 5) is 0. The van der Waals surface area contributed by atoms with Gasteiger partial charge in [0.25, 0.3) is 0 Å². The van der Waals surface area contributed by atoms with Crippen molar-refractivity contribution in [1.29, 1.82) is 5.26 Å². The molecule has 0 amide bonds. The molecule has 1 rings (SSSR count). The van der Waals surface area contributed by atoms with Gasteiger partial charge >= 0.3 is 0 Å². The fourth-order valence-corrected chi connectivity index (χ4v) is 1.39. The van der Waals surface area contributed by atoms with Crippen molar-refractivity contribution in [2.24, 2.45) is 0 Å². The Morgan fingerprint density at radius 3 is 2.92 bits per heavy atom. The van der Waals surface area contributed by atoms with Gasteiger partial charge in [-0.25, -0.2) is 0 Å². The number of rotatable bonds is 3. The van der Waals surface area contributed by atoms with Gasteiger partial charge in [-0.1, -0.05) is 23.7 Å². The van der Waals surface area contributed by atoms with E-state index >= 15 is 0 Å². The van der Waals surface area contributed by atoms with Crippen molar-refractivity contribution in [3.8, 4) is 6.07 Å². The van der Waals surface area contributed by atoms with Gasteiger partial charge in [0.2, 0.25) is 0 Å². The molecule has 3 heteroatoms. The minimum absolute atomic E-state index is 0.491. The van der Waals surface area contributed by atoms with Crippen molar-refractivity contribution < 1.29 is 0 Å². The lowest BCUT2D eigenvalue weighted by molar-refractivity contribution is 1.07. The summed E-state index contributed by atoms with van der Waals surface area (Å²) in [6.07, 6.45) is 0.491. The SMILES string of the molecule is Cc1cccc(Cl)c1NCCC#N. The van der Waals surface area contributed by atoms with Crippen LogP contribution in [-0.2, 0) is 0 Å². The summed E-state index contributed by atoms with van der Waals surface area (Å²) in [6.45, 7) is 2.63. The zero-order valence-electron chi connectivity index (χ0n) is 7.47. The van der Waals surface area contributed by atoms with E-state index in [1.54, 1.807) is 0 Å². The van der Waals surface area contributed by atoms with Crippen LogP contribution in [0.25, 0.3) is 0 Å². The quantitative estimate of drug-likeness (QED) is 0.751. The standard InChI is InChI=1S/C10H11ClN2/c1-8-4-2-5-9(11)10(8)13-7-3-6-12/h2,4-5,13H,3,7H2,1H3. The number of anilines is 1. The monoisotopic (exact) mass is 194 g/mol. The highest BCUT2D eigenvalue weighted by Gasteiger charge is 2.01.